The predicted octanol–water partition coefficient (Wildman–Crippen LogP) is 4.42. The van der Waals surface area contributed by atoms with Crippen molar-refractivity contribution < 1.29 is 13.2 Å². The molecule has 7 heteroatoms. The molecule has 2 aromatic heterocycles. The van der Waals surface area contributed by atoms with Crippen LogP contribution in [0.3, 0.4) is 0 Å². The van der Waals surface area contributed by atoms with Crippen LogP contribution in [0.5, 0.6) is 0 Å². The zero-order valence-electron chi connectivity index (χ0n) is 13.6. The van der Waals surface area contributed by atoms with Crippen molar-refractivity contribution >= 4 is 5.95 Å². The predicted molar refractivity (Wildman–Crippen MR) is 89.6 cm³/mol. The lowest BCUT2D eigenvalue weighted by molar-refractivity contribution is -0.137. The summed E-state index contributed by atoms with van der Waals surface area (Å²) in [6.07, 6.45) is -2.80. The third-order valence-electron chi connectivity index (χ3n) is 3.74. The highest BCUT2D eigenvalue weighted by Crippen LogP contribution is 2.36. The van der Waals surface area contributed by atoms with E-state index in [1.54, 1.807) is 19.2 Å². The Labute approximate surface area is 142 Å². The van der Waals surface area contributed by atoms with Crippen molar-refractivity contribution in [2.75, 3.05) is 5.73 Å². The standard InChI is InChI=1S/C18H15F3N4/c1-10-6-7-23-14(8-10)15-11(2)24-17(22)25-16(15)12-4-3-5-13(9-12)18(19,20)21/h3-9H,1-2H3,(H2,22,24,25). The van der Waals surface area contributed by atoms with Gasteiger partial charge in [0.15, 0.2) is 0 Å². The summed E-state index contributed by atoms with van der Waals surface area (Å²) in [6.45, 7) is 3.64. The molecule has 0 radical (unpaired) electrons. The molecule has 0 bridgehead atoms. The van der Waals surface area contributed by atoms with Crippen LogP contribution in [0.25, 0.3) is 22.5 Å². The average Bonchev–Trinajstić information content (AvgIpc) is 2.53. The van der Waals surface area contributed by atoms with E-state index in [1.165, 1.54) is 6.07 Å². The van der Waals surface area contributed by atoms with Gasteiger partial charge in [-0.05, 0) is 43.7 Å². The lowest BCUT2D eigenvalue weighted by Gasteiger charge is -2.14. The first-order chi connectivity index (χ1) is 11.8. The van der Waals surface area contributed by atoms with Crippen LogP contribution < -0.4 is 5.73 Å². The minimum atomic E-state index is -4.44. The Kier molecular flexibility index (Phi) is 4.16. The molecule has 0 aliphatic rings. The van der Waals surface area contributed by atoms with Crippen LogP contribution in [0.1, 0.15) is 16.8 Å². The Morgan fingerprint density at radius 2 is 1.76 bits per heavy atom. The van der Waals surface area contributed by atoms with E-state index in [0.29, 0.717) is 28.2 Å². The first-order valence-corrected chi connectivity index (χ1v) is 7.50. The second-order valence-electron chi connectivity index (χ2n) is 5.69. The van der Waals surface area contributed by atoms with Gasteiger partial charge in [-0.15, -0.1) is 0 Å². The number of nitrogens with zero attached hydrogens (tertiary/aromatic N) is 3. The molecular weight excluding hydrogens is 329 g/mol. The van der Waals surface area contributed by atoms with Gasteiger partial charge in [0.05, 0.1) is 22.6 Å². The number of aryl methyl sites for hydroxylation is 2. The Morgan fingerprint density at radius 3 is 2.44 bits per heavy atom. The van der Waals surface area contributed by atoms with Crippen molar-refractivity contribution in [3.63, 3.8) is 0 Å². The van der Waals surface area contributed by atoms with E-state index in [0.717, 1.165) is 17.7 Å². The maximum atomic E-state index is 13.0. The quantitative estimate of drug-likeness (QED) is 0.747. The minimum Gasteiger partial charge on any atom is -0.368 e. The third kappa shape index (κ3) is 3.45. The second kappa shape index (κ2) is 6.16. The van der Waals surface area contributed by atoms with Crippen LogP contribution in [0.4, 0.5) is 19.1 Å². The SMILES string of the molecule is Cc1ccnc(-c2c(C)nc(N)nc2-c2cccc(C(F)(F)F)c2)c1. The molecule has 3 rings (SSSR count). The summed E-state index contributed by atoms with van der Waals surface area (Å²) in [5.74, 6) is 0.00122. The summed E-state index contributed by atoms with van der Waals surface area (Å²) in [7, 11) is 0. The summed E-state index contributed by atoms with van der Waals surface area (Å²) >= 11 is 0. The van der Waals surface area contributed by atoms with Gasteiger partial charge in [-0.2, -0.15) is 13.2 Å². The Balaban J connectivity index is 2.27. The fourth-order valence-electron chi connectivity index (χ4n) is 2.63. The molecule has 0 amide bonds. The van der Waals surface area contributed by atoms with Crippen LogP contribution in [-0.4, -0.2) is 15.0 Å². The maximum Gasteiger partial charge on any atom is 0.416 e. The van der Waals surface area contributed by atoms with Crippen molar-refractivity contribution in [1.82, 2.24) is 15.0 Å². The number of pyridine rings is 1. The first kappa shape index (κ1) is 16.9. The van der Waals surface area contributed by atoms with Gasteiger partial charge < -0.3 is 5.73 Å². The van der Waals surface area contributed by atoms with E-state index in [1.807, 2.05) is 19.1 Å². The number of benzene rings is 1. The molecule has 25 heavy (non-hydrogen) atoms. The molecule has 0 aliphatic carbocycles. The average molecular weight is 344 g/mol. The maximum absolute atomic E-state index is 13.0. The van der Waals surface area contributed by atoms with Crippen molar-refractivity contribution in [2.24, 2.45) is 0 Å². The molecule has 0 unspecified atom stereocenters. The van der Waals surface area contributed by atoms with Crippen LogP contribution in [-0.2, 0) is 6.18 Å². The van der Waals surface area contributed by atoms with Crippen molar-refractivity contribution in [3.8, 4) is 22.5 Å². The number of hydrogen-bond donors (Lipinski definition) is 1. The largest absolute Gasteiger partial charge is 0.416 e. The highest BCUT2D eigenvalue weighted by molar-refractivity contribution is 5.81. The number of hydrogen-bond acceptors (Lipinski definition) is 4. The first-order valence-electron chi connectivity index (χ1n) is 7.50. The zero-order valence-corrected chi connectivity index (χ0v) is 13.6. The van der Waals surface area contributed by atoms with E-state index in [4.69, 9.17) is 5.73 Å². The second-order valence-corrected chi connectivity index (χ2v) is 5.69. The molecule has 2 heterocycles. The van der Waals surface area contributed by atoms with E-state index in [9.17, 15) is 13.2 Å². The molecule has 0 atom stereocenters. The highest BCUT2D eigenvalue weighted by atomic mass is 19.4. The van der Waals surface area contributed by atoms with Crippen molar-refractivity contribution in [3.05, 3.63) is 59.4 Å². The topological polar surface area (TPSA) is 64.7 Å². The van der Waals surface area contributed by atoms with Gasteiger partial charge in [0.2, 0.25) is 5.95 Å². The smallest absolute Gasteiger partial charge is 0.368 e. The molecule has 4 nitrogen and oxygen atoms in total. The fourth-order valence-corrected chi connectivity index (χ4v) is 2.63. The number of rotatable bonds is 2. The lowest BCUT2D eigenvalue weighted by atomic mass is 9.99. The molecule has 1 aromatic carbocycles. The highest BCUT2D eigenvalue weighted by Gasteiger charge is 2.31. The van der Waals surface area contributed by atoms with E-state index in [2.05, 4.69) is 15.0 Å². The van der Waals surface area contributed by atoms with Crippen molar-refractivity contribution in [2.45, 2.75) is 20.0 Å². The Hall–Kier alpha value is -2.96. The molecule has 3 aromatic rings. The molecule has 0 aliphatic heterocycles. The van der Waals surface area contributed by atoms with E-state index < -0.39 is 11.7 Å². The molecule has 0 spiro atoms. The van der Waals surface area contributed by atoms with Gasteiger partial charge in [0.25, 0.3) is 0 Å². The van der Waals surface area contributed by atoms with Gasteiger partial charge in [-0.1, -0.05) is 12.1 Å². The van der Waals surface area contributed by atoms with Crippen molar-refractivity contribution in [1.29, 1.82) is 0 Å². The van der Waals surface area contributed by atoms with Crippen LogP contribution >= 0.6 is 0 Å². The molecule has 2 N–H and O–H groups in total. The van der Waals surface area contributed by atoms with Gasteiger partial charge in [-0.25, -0.2) is 9.97 Å². The summed E-state index contributed by atoms with van der Waals surface area (Å²) in [6, 6.07) is 8.65. The molecule has 128 valence electrons. The van der Waals surface area contributed by atoms with Gasteiger partial charge in [0, 0.05) is 17.3 Å². The number of anilines is 1. The van der Waals surface area contributed by atoms with E-state index >= 15 is 0 Å². The number of halogens is 3. The van der Waals surface area contributed by atoms with Gasteiger partial charge in [-0.3, -0.25) is 4.98 Å². The van der Waals surface area contributed by atoms with Crippen LogP contribution in [0.15, 0.2) is 42.6 Å². The fraction of sp³-hybridized carbons (Fsp3) is 0.167. The van der Waals surface area contributed by atoms with E-state index in [-0.39, 0.29) is 5.95 Å². The summed E-state index contributed by atoms with van der Waals surface area (Å²) < 4.78 is 39.1. The number of nitrogens with two attached hydrogens (primary N) is 1. The normalized spacial score (nSPS) is 11.6. The summed E-state index contributed by atoms with van der Waals surface area (Å²) in [5, 5.41) is 0. The Bertz CT molecular complexity index is 936. The molecule has 0 saturated carbocycles. The van der Waals surface area contributed by atoms with Gasteiger partial charge >= 0.3 is 6.18 Å². The van der Waals surface area contributed by atoms with Crippen LogP contribution in [0, 0.1) is 13.8 Å². The van der Waals surface area contributed by atoms with Crippen LogP contribution in [0.2, 0.25) is 0 Å². The van der Waals surface area contributed by atoms with Gasteiger partial charge in [0.1, 0.15) is 0 Å². The lowest BCUT2D eigenvalue weighted by Crippen LogP contribution is -2.06. The summed E-state index contributed by atoms with van der Waals surface area (Å²) in [4.78, 5) is 12.6. The molecule has 0 saturated heterocycles. The molecular formula is C18H15F3N4. The summed E-state index contributed by atoms with van der Waals surface area (Å²) in [5.41, 5.74) is 8.30. The number of nitrogen functional groups attached to an aromatic ring is 1. The monoisotopic (exact) mass is 344 g/mol. The number of aromatic nitrogens is 3. The Morgan fingerprint density at radius 1 is 1.00 bits per heavy atom. The number of alkyl halides is 3. The zero-order chi connectivity index (χ0) is 18.2. The molecule has 0 fully saturated rings. The third-order valence-corrected chi connectivity index (χ3v) is 3.74. The minimum absolute atomic E-state index is 0.00122.